The Kier molecular flexibility index (Phi) is 9.46. The number of nitrogens with one attached hydrogen (secondary N) is 2. The van der Waals surface area contributed by atoms with Crippen LogP contribution in [0.5, 0.6) is 17.2 Å². The summed E-state index contributed by atoms with van der Waals surface area (Å²) in [6, 6.07) is 27.3. The molecule has 38 heavy (non-hydrogen) atoms. The molecule has 0 heterocycles. The maximum absolute atomic E-state index is 12.5. The number of esters is 1. The van der Waals surface area contributed by atoms with Crippen molar-refractivity contribution in [1.29, 1.82) is 0 Å². The zero-order valence-electron chi connectivity index (χ0n) is 21.7. The molecule has 0 aromatic heterocycles. The van der Waals surface area contributed by atoms with E-state index in [2.05, 4.69) is 40.6 Å². The van der Waals surface area contributed by atoms with E-state index in [0.29, 0.717) is 35.1 Å². The van der Waals surface area contributed by atoms with Crippen molar-refractivity contribution in [3.8, 4) is 17.2 Å². The number of aryl methyl sites for hydroxylation is 2. The summed E-state index contributed by atoms with van der Waals surface area (Å²) in [6.07, 6.45) is 0. The van der Waals surface area contributed by atoms with Crippen LogP contribution >= 0.6 is 23.9 Å². The summed E-state index contributed by atoms with van der Waals surface area (Å²) in [5, 5.41) is 0. The van der Waals surface area contributed by atoms with Gasteiger partial charge in [0.2, 0.25) is 0 Å². The number of hydrogen-bond donors (Lipinski definition) is 2. The van der Waals surface area contributed by atoms with Crippen molar-refractivity contribution < 1.29 is 19.0 Å². The maximum atomic E-state index is 12.5. The molecule has 4 rings (SSSR count). The van der Waals surface area contributed by atoms with E-state index in [1.165, 1.54) is 42.1 Å². The van der Waals surface area contributed by atoms with Crippen LogP contribution in [0.2, 0.25) is 0 Å². The zero-order valence-corrected chi connectivity index (χ0v) is 23.4. The number of anilines is 2. The van der Waals surface area contributed by atoms with Gasteiger partial charge in [-0.05, 0) is 99.3 Å². The minimum atomic E-state index is -0.454. The topological polar surface area (TPSA) is 68.8 Å². The van der Waals surface area contributed by atoms with Gasteiger partial charge in [-0.2, -0.15) is 0 Å². The van der Waals surface area contributed by atoms with Crippen molar-refractivity contribution in [3.05, 3.63) is 102 Å². The van der Waals surface area contributed by atoms with Crippen molar-refractivity contribution in [3.63, 3.8) is 0 Å². The average Bonchev–Trinajstić information content (AvgIpc) is 2.93. The Morgan fingerprint density at radius 1 is 0.737 bits per heavy atom. The van der Waals surface area contributed by atoms with Crippen LogP contribution < -0.4 is 18.9 Å². The summed E-state index contributed by atoms with van der Waals surface area (Å²) in [5.74, 6) is 1.31. The molecule has 8 heteroatoms. The summed E-state index contributed by atoms with van der Waals surface area (Å²) in [6.45, 7) is 6.56. The second-order valence-corrected chi connectivity index (χ2v) is 10.2. The maximum Gasteiger partial charge on any atom is 0.340 e. The van der Waals surface area contributed by atoms with Crippen molar-refractivity contribution in [2.24, 2.45) is 0 Å². The molecule has 0 unspecified atom stereocenters. The summed E-state index contributed by atoms with van der Waals surface area (Å²) >= 11 is 2.94. The van der Waals surface area contributed by atoms with Crippen LogP contribution in [0.1, 0.15) is 28.4 Å². The molecule has 0 fully saturated rings. The van der Waals surface area contributed by atoms with Gasteiger partial charge in [-0.25, -0.2) is 4.79 Å². The van der Waals surface area contributed by atoms with Crippen LogP contribution in [0.15, 0.2) is 94.7 Å². The third-order valence-electron chi connectivity index (χ3n) is 5.48. The highest BCUT2D eigenvalue weighted by Crippen LogP contribution is 2.36. The highest BCUT2D eigenvalue weighted by molar-refractivity contribution is 8.00. The zero-order chi connectivity index (χ0) is 26.9. The lowest BCUT2D eigenvalue weighted by molar-refractivity contribution is 0.0601. The molecule has 0 atom stereocenters. The van der Waals surface area contributed by atoms with Gasteiger partial charge < -0.3 is 23.7 Å². The smallest absolute Gasteiger partial charge is 0.340 e. The van der Waals surface area contributed by atoms with Gasteiger partial charge in [0.1, 0.15) is 17.2 Å². The first-order chi connectivity index (χ1) is 18.4. The fourth-order valence-electron chi connectivity index (χ4n) is 3.46. The van der Waals surface area contributed by atoms with Gasteiger partial charge in [-0.3, -0.25) is 0 Å². The fraction of sp³-hybridized carbons (Fsp3) is 0.167. The first kappa shape index (κ1) is 27.3. The number of carbonyl (C=O) groups is 1. The van der Waals surface area contributed by atoms with E-state index in [0.717, 1.165) is 15.5 Å². The van der Waals surface area contributed by atoms with E-state index in [4.69, 9.17) is 14.2 Å². The van der Waals surface area contributed by atoms with Crippen molar-refractivity contribution in [2.45, 2.75) is 30.6 Å². The monoisotopic (exact) mass is 546 g/mol. The average molecular weight is 547 g/mol. The number of hydrogen-bond acceptors (Lipinski definition) is 8. The number of rotatable bonds is 11. The molecule has 0 aliphatic carbocycles. The molecule has 0 bridgehead atoms. The normalized spacial score (nSPS) is 10.5. The number of benzene rings is 4. The molecule has 4 aromatic rings. The third kappa shape index (κ3) is 7.40. The van der Waals surface area contributed by atoms with E-state index in [1.807, 2.05) is 62.4 Å². The Morgan fingerprint density at radius 2 is 1.26 bits per heavy atom. The van der Waals surface area contributed by atoms with Crippen LogP contribution in [0.3, 0.4) is 0 Å². The molecule has 0 amide bonds. The summed E-state index contributed by atoms with van der Waals surface area (Å²) in [4.78, 5) is 14.7. The second kappa shape index (κ2) is 13.2. The van der Waals surface area contributed by atoms with E-state index >= 15 is 0 Å². The molecular weight excluding hydrogens is 516 g/mol. The predicted octanol–water partition coefficient (Wildman–Crippen LogP) is 8.52. The molecule has 0 spiro atoms. The molecule has 6 nitrogen and oxygen atoms in total. The van der Waals surface area contributed by atoms with Gasteiger partial charge in [0.15, 0.2) is 0 Å². The van der Waals surface area contributed by atoms with Crippen LogP contribution in [0, 0.1) is 13.8 Å². The van der Waals surface area contributed by atoms with Gasteiger partial charge in [0.25, 0.3) is 0 Å². The number of ether oxygens (including phenoxy) is 3. The molecular formula is C30H30N2O4S2. The molecule has 196 valence electrons. The Bertz CT molecular complexity index is 1380. The molecule has 0 aliphatic rings. The van der Waals surface area contributed by atoms with Crippen LogP contribution in [0.25, 0.3) is 0 Å². The standard InChI is InChI=1S/C30H30N2O4S2/c1-5-35-29-19-23(11-17-28(29)32-38-25-14-8-21(3)9-15-25)36-22-10-16-27(26(18-22)30(33)34-4)31-37-24-12-6-20(2)7-13-24/h6-19,31-32H,5H2,1-4H3. The van der Waals surface area contributed by atoms with Crippen molar-refractivity contribution >= 4 is 41.2 Å². The van der Waals surface area contributed by atoms with E-state index in [1.54, 1.807) is 12.1 Å². The van der Waals surface area contributed by atoms with E-state index < -0.39 is 5.97 Å². The largest absolute Gasteiger partial charge is 0.492 e. The Labute approximate surface area is 232 Å². The Hall–Kier alpha value is -3.75. The minimum absolute atomic E-state index is 0.377. The molecule has 4 aromatic carbocycles. The third-order valence-corrected chi connectivity index (χ3v) is 7.14. The quantitative estimate of drug-likeness (QED) is 0.143. The van der Waals surface area contributed by atoms with Crippen LogP contribution in [-0.2, 0) is 4.74 Å². The Balaban J connectivity index is 1.49. The van der Waals surface area contributed by atoms with Gasteiger partial charge in [-0.1, -0.05) is 35.4 Å². The van der Waals surface area contributed by atoms with E-state index in [9.17, 15) is 4.79 Å². The molecule has 0 radical (unpaired) electrons. The highest BCUT2D eigenvalue weighted by Gasteiger charge is 2.15. The van der Waals surface area contributed by atoms with Crippen molar-refractivity contribution in [2.75, 3.05) is 23.2 Å². The van der Waals surface area contributed by atoms with Gasteiger partial charge in [-0.15, -0.1) is 0 Å². The number of methoxy groups -OCH3 is 1. The minimum Gasteiger partial charge on any atom is -0.492 e. The lowest BCUT2D eigenvalue weighted by Gasteiger charge is -2.15. The Morgan fingerprint density at radius 3 is 1.82 bits per heavy atom. The van der Waals surface area contributed by atoms with Gasteiger partial charge >= 0.3 is 5.97 Å². The summed E-state index contributed by atoms with van der Waals surface area (Å²) in [5.41, 5.74) is 4.26. The number of carbonyl (C=O) groups excluding carboxylic acids is 1. The fourth-order valence-corrected chi connectivity index (χ4v) is 4.80. The second-order valence-electron chi connectivity index (χ2n) is 8.43. The van der Waals surface area contributed by atoms with Gasteiger partial charge in [0, 0.05) is 15.9 Å². The van der Waals surface area contributed by atoms with Gasteiger partial charge in [0.05, 0.1) is 30.7 Å². The summed E-state index contributed by atoms with van der Waals surface area (Å²) in [7, 11) is 1.36. The van der Waals surface area contributed by atoms with Crippen LogP contribution in [-0.4, -0.2) is 19.7 Å². The molecule has 0 saturated heterocycles. The first-order valence-electron chi connectivity index (χ1n) is 12.1. The summed E-state index contributed by atoms with van der Waals surface area (Å²) < 4.78 is 23.6. The lowest BCUT2D eigenvalue weighted by atomic mass is 10.1. The lowest BCUT2D eigenvalue weighted by Crippen LogP contribution is -2.05. The van der Waals surface area contributed by atoms with E-state index in [-0.39, 0.29) is 0 Å². The van der Waals surface area contributed by atoms with Crippen molar-refractivity contribution in [1.82, 2.24) is 0 Å². The molecule has 2 N–H and O–H groups in total. The predicted molar refractivity (Wildman–Crippen MR) is 157 cm³/mol. The molecule has 0 aliphatic heterocycles. The SMILES string of the molecule is CCOc1cc(Oc2ccc(NSc3ccc(C)cc3)c(C(=O)OC)c2)ccc1NSc1ccc(C)cc1. The highest BCUT2D eigenvalue weighted by atomic mass is 32.2. The first-order valence-corrected chi connectivity index (χ1v) is 13.7. The van der Waals surface area contributed by atoms with Crippen LogP contribution in [0.4, 0.5) is 11.4 Å². The molecule has 0 saturated carbocycles.